The molecule has 1 saturated heterocycles. The molecule has 1 aromatic rings. The van der Waals surface area contributed by atoms with Crippen molar-refractivity contribution in [3.8, 4) is 0 Å². The molecule has 2 fully saturated rings. The molecule has 0 spiro atoms. The number of rotatable bonds is 2. The molecule has 2 heterocycles. The highest BCUT2D eigenvalue weighted by Crippen LogP contribution is 2.49. The minimum atomic E-state index is -0.808. The van der Waals surface area contributed by atoms with Crippen molar-refractivity contribution in [3.63, 3.8) is 0 Å². The van der Waals surface area contributed by atoms with E-state index >= 15 is 0 Å². The van der Waals surface area contributed by atoms with E-state index in [9.17, 15) is 5.11 Å². The molecule has 23 heavy (non-hydrogen) atoms. The van der Waals surface area contributed by atoms with Crippen LogP contribution in [0.25, 0.3) is 4.85 Å². The Morgan fingerprint density at radius 3 is 1.96 bits per heavy atom. The first-order chi connectivity index (χ1) is 10.5. The number of hydrogen-bond acceptors (Lipinski definition) is 5. The van der Waals surface area contributed by atoms with Gasteiger partial charge in [-0.05, 0) is 34.6 Å². The molecule has 2 aliphatic rings. The molecule has 1 aliphatic carbocycles. The first-order valence-corrected chi connectivity index (χ1v) is 7.79. The van der Waals surface area contributed by atoms with Gasteiger partial charge in [0.2, 0.25) is 5.82 Å². The first-order valence-electron chi connectivity index (χ1n) is 7.79. The Labute approximate surface area is 137 Å². The fourth-order valence-corrected chi connectivity index (χ4v) is 3.17. The maximum absolute atomic E-state index is 9.94. The van der Waals surface area contributed by atoms with Crippen LogP contribution >= 0.6 is 0 Å². The van der Waals surface area contributed by atoms with Crippen LogP contribution in [0.2, 0.25) is 0 Å². The summed E-state index contributed by atoms with van der Waals surface area (Å²) in [6.45, 7) is 17.1. The third-order valence-electron chi connectivity index (χ3n) is 5.17. The van der Waals surface area contributed by atoms with E-state index in [0.29, 0.717) is 18.7 Å². The lowest BCUT2D eigenvalue weighted by atomic mass is 9.65. The van der Waals surface area contributed by atoms with Crippen molar-refractivity contribution in [2.24, 2.45) is 0 Å². The minimum absolute atomic E-state index is 0.360. The van der Waals surface area contributed by atoms with E-state index in [1.165, 1.54) is 0 Å². The molecule has 6 nitrogen and oxygen atoms in total. The molecule has 0 unspecified atom stereocenters. The lowest BCUT2D eigenvalue weighted by molar-refractivity contribution is -0.0620. The van der Waals surface area contributed by atoms with Crippen LogP contribution in [0, 0.1) is 6.57 Å². The van der Waals surface area contributed by atoms with Crippen LogP contribution in [0.3, 0.4) is 0 Å². The van der Waals surface area contributed by atoms with Crippen molar-refractivity contribution < 1.29 is 14.4 Å². The van der Waals surface area contributed by atoms with Gasteiger partial charge in [-0.1, -0.05) is 0 Å². The molecule has 1 aliphatic heterocycles. The predicted molar refractivity (Wildman–Crippen MR) is 85.9 cm³/mol. The van der Waals surface area contributed by atoms with Crippen LogP contribution in [-0.4, -0.2) is 39.0 Å². The second kappa shape index (κ2) is 4.76. The van der Waals surface area contributed by atoms with Crippen LogP contribution in [0.4, 0.5) is 0 Å². The van der Waals surface area contributed by atoms with Crippen LogP contribution in [-0.2, 0) is 14.8 Å². The Kier molecular flexibility index (Phi) is 3.39. The van der Waals surface area contributed by atoms with Crippen LogP contribution in [0.5, 0.6) is 0 Å². The van der Waals surface area contributed by atoms with Crippen LogP contribution in [0.15, 0.2) is 12.4 Å². The zero-order valence-electron chi connectivity index (χ0n) is 14.3. The van der Waals surface area contributed by atoms with Gasteiger partial charge in [0.1, 0.15) is 0 Å². The van der Waals surface area contributed by atoms with E-state index in [-0.39, 0.29) is 0 Å². The van der Waals surface area contributed by atoms with Gasteiger partial charge >= 0.3 is 7.12 Å². The summed E-state index contributed by atoms with van der Waals surface area (Å²) in [6.07, 6.45) is 4.04. The first kappa shape index (κ1) is 16.4. The molecule has 1 N–H and O–H groups in total. The zero-order chi connectivity index (χ0) is 17.1. The highest BCUT2D eigenvalue weighted by molar-refractivity contribution is 6.61. The van der Waals surface area contributed by atoms with Gasteiger partial charge in [0.15, 0.2) is 0 Å². The smallest absolute Gasteiger partial charge is 0.399 e. The van der Waals surface area contributed by atoms with E-state index < -0.39 is 29.5 Å². The Morgan fingerprint density at radius 1 is 1.09 bits per heavy atom. The van der Waals surface area contributed by atoms with Crippen LogP contribution in [0.1, 0.15) is 53.3 Å². The van der Waals surface area contributed by atoms with E-state index in [1.54, 1.807) is 19.3 Å². The van der Waals surface area contributed by atoms with Gasteiger partial charge in [-0.25, -0.2) is 16.5 Å². The number of nitrogens with zero attached hydrogens (tertiary/aromatic N) is 3. The standard InChI is InChI=1S/C16H22BN3O3/c1-13(2)14(3,4)23-17(22-13)11-7-19-12(20-8-11)16(18-6)9-15(5,21)10-16/h7-8,21H,9-10H2,1-5H3. The Balaban J connectivity index is 1.81. The Morgan fingerprint density at radius 2 is 1.57 bits per heavy atom. The van der Waals surface area contributed by atoms with Crippen LogP contribution < -0.4 is 5.46 Å². The summed E-state index contributed by atoms with van der Waals surface area (Å²) < 4.78 is 11.9. The van der Waals surface area contributed by atoms with Crippen molar-refractivity contribution >= 4 is 12.6 Å². The van der Waals surface area contributed by atoms with Crippen molar-refractivity contribution in [2.75, 3.05) is 0 Å². The second-order valence-electron chi connectivity index (χ2n) is 7.92. The van der Waals surface area contributed by atoms with E-state index in [4.69, 9.17) is 15.9 Å². The maximum atomic E-state index is 9.94. The van der Waals surface area contributed by atoms with Crippen molar-refractivity contribution in [2.45, 2.75) is 69.8 Å². The summed E-state index contributed by atoms with van der Waals surface area (Å²) in [6, 6.07) is 0. The molecule has 3 rings (SSSR count). The Hall–Kier alpha value is -1.49. The van der Waals surface area contributed by atoms with E-state index in [2.05, 4.69) is 14.8 Å². The topological polar surface area (TPSA) is 68.8 Å². The molecule has 0 atom stereocenters. The van der Waals surface area contributed by atoms with Gasteiger partial charge in [-0.2, -0.15) is 0 Å². The number of hydrogen-bond donors (Lipinski definition) is 1. The molecular weight excluding hydrogens is 293 g/mol. The SMILES string of the molecule is [C-]#[N+]C1(c2ncc(B3OC(C)(C)C(C)(C)O3)cn2)CC(C)(O)C1. The average Bonchev–Trinajstić information content (AvgIpc) is 2.64. The third kappa shape index (κ3) is 2.55. The lowest BCUT2D eigenvalue weighted by Crippen LogP contribution is -2.52. The van der Waals surface area contributed by atoms with E-state index in [1.807, 2.05) is 27.7 Å². The maximum Gasteiger partial charge on any atom is 0.498 e. The van der Waals surface area contributed by atoms with Crippen molar-refractivity contribution in [1.29, 1.82) is 0 Å². The zero-order valence-corrected chi connectivity index (χ0v) is 14.3. The summed E-state index contributed by atoms with van der Waals surface area (Å²) in [7, 11) is -0.512. The summed E-state index contributed by atoms with van der Waals surface area (Å²) in [5.74, 6) is 0.458. The number of aliphatic hydroxyl groups is 1. The van der Waals surface area contributed by atoms with Crippen molar-refractivity contribution in [1.82, 2.24) is 9.97 Å². The molecular formula is C16H22BN3O3. The van der Waals surface area contributed by atoms with Gasteiger partial charge < -0.3 is 19.3 Å². The molecule has 0 amide bonds. The normalized spacial score (nSPS) is 34.7. The van der Waals surface area contributed by atoms with Gasteiger partial charge in [-0.3, -0.25) is 0 Å². The fourth-order valence-electron chi connectivity index (χ4n) is 3.17. The highest BCUT2D eigenvalue weighted by atomic mass is 16.7. The van der Waals surface area contributed by atoms with E-state index in [0.717, 1.165) is 5.46 Å². The average molecular weight is 315 g/mol. The molecule has 1 saturated carbocycles. The van der Waals surface area contributed by atoms with Crippen molar-refractivity contribution in [3.05, 3.63) is 29.6 Å². The van der Waals surface area contributed by atoms with Gasteiger partial charge in [0.05, 0.1) is 29.6 Å². The largest absolute Gasteiger partial charge is 0.498 e. The second-order valence-corrected chi connectivity index (χ2v) is 7.92. The summed E-state index contributed by atoms with van der Waals surface area (Å²) >= 11 is 0. The highest BCUT2D eigenvalue weighted by Gasteiger charge is 2.61. The van der Waals surface area contributed by atoms with Gasteiger partial charge in [0, 0.05) is 17.9 Å². The molecule has 0 aromatic carbocycles. The summed E-state index contributed by atoms with van der Waals surface area (Å²) in [4.78, 5) is 12.4. The molecule has 0 radical (unpaired) electrons. The van der Waals surface area contributed by atoms with Gasteiger partial charge in [0.25, 0.3) is 5.54 Å². The fraction of sp³-hybridized carbons (Fsp3) is 0.688. The molecule has 0 bridgehead atoms. The molecule has 1 aromatic heterocycles. The molecule has 122 valence electrons. The monoisotopic (exact) mass is 315 g/mol. The predicted octanol–water partition coefficient (Wildman–Crippen LogP) is 1.44. The minimum Gasteiger partial charge on any atom is -0.399 e. The summed E-state index contributed by atoms with van der Waals surface area (Å²) in [5, 5.41) is 9.94. The molecule has 7 heteroatoms. The van der Waals surface area contributed by atoms with Gasteiger partial charge in [-0.15, -0.1) is 0 Å². The quantitative estimate of drug-likeness (QED) is 0.660. The lowest BCUT2D eigenvalue weighted by Gasteiger charge is -2.41. The number of aromatic nitrogens is 2. The Bertz CT molecular complexity index is 640. The third-order valence-corrected chi connectivity index (χ3v) is 5.17. The summed E-state index contributed by atoms with van der Waals surface area (Å²) in [5.41, 5.74) is -1.71.